The number of aromatic nitrogens is 1. The van der Waals surface area contributed by atoms with Crippen LogP contribution in [0.2, 0.25) is 0 Å². The summed E-state index contributed by atoms with van der Waals surface area (Å²) in [5.74, 6) is 1.48. The van der Waals surface area contributed by atoms with Crippen LogP contribution in [-0.4, -0.2) is 28.9 Å². The van der Waals surface area contributed by atoms with E-state index in [1.54, 1.807) is 0 Å². The van der Waals surface area contributed by atoms with Crippen molar-refractivity contribution in [1.82, 2.24) is 9.88 Å². The number of nitrogens with one attached hydrogen (secondary N) is 1. The van der Waals surface area contributed by atoms with E-state index >= 15 is 0 Å². The molecule has 3 nitrogen and oxygen atoms in total. The molecule has 1 aliphatic heterocycles. The first-order valence-corrected chi connectivity index (χ1v) is 7.85. The highest BCUT2D eigenvalue weighted by Gasteiger charge is 2.28. The molecule has 1 unspecified atom stereocenters. The number of hydrogen-bond acceptors (Lipinski definition) is 1. The molecule has 1 amide bonds. The van der Waals surface area contributed by atoms with Crippen molar-refractivity contribution in [3.8, 4) is 0 Å². The van der Waals surface area contributed by atoms with E-state index in [1.165, 1.54) is 11.3 Å². The van der Waals surface area contributed by atoms with Gasteiger partial charge in [-0.15, -0.1) is 0 Å². The van der Waals surface area contributed by atoms with Gasteiger partial charge in [-0.1, -0.05) is 13.8 Å². The van der Waals surface area contributed by atoms with Crippen molar-refractivity contribution in [2.75, 3.05) is 13.1 Å². The number of aromatic amines is 1. The summed E-state index contributed by atoms with van der Waals surface area (Å²) in [6.45, 7) is 10.5. The average Bonchev–Trinajstić information content (AvgIpc) is 3.05. The van der Waals surface area contributed by atoms with Gasteiger partial charge in [-0.2, -0.15) is 0 Å². The summed E-state index contributed by atoms with van der Waals surface area (Å²) >= 11 is 0. The van der Waals surface area contributed by atoms with Crippen LogP contribution in [0.4, 0.5) is 0 Å². The third-order valence-corrected chi connectivity index (χ3v) is 5.01. The Labute approximate surface area is 126 Å². The van der Waals surface area contributed by atoms with Gasteiger partial charge in [0.25, 0.3) is 5.91 Å². The van der Waals surface area contributed by atoms with Crippen LogP contribution in [0.5, 0.6) is 0 Å². The van der Waals surface area contributed by atoms with E-state index in [9.17, 15) is 4.79 Å². The molecule has 2 aromatic rings. The van der Waals surface area contributed by atoms with E-state index in [-0.39, 0.29) is 5.91 Å². The third-order valence-electron chi connectivity index (χ3n) is 5.01. The number of benzene rings is 1. The summed E-state index contributed by atoms with van der Waals surface area (Å²) in [6.07, 6.45) is 1.13. The zero-order valence-corrected chi connectivity index (χ0v) is 13.4. The first-order valence-electron chi connectivity index (χ1n) is 7.85. The molecule has 1 N–H and O–H groups in total. The minimum atomic E-state index is 0.179. The fourth-order valence-electron chi connectivity index (χ4n) is 3.29. The van der Waals surface area contributed by atoms with Crippen LogP contribution in [0, 0.1) is 25.7 Å². The van der Waals surface area contributed by atoms with Crippen LogP contribution in [-0.2, 0) is 0 Å². The Morgan fingerprint density at radius 1 is 1.33 bits per heavy atom. The number of aryl methyl sites for hydroxylation is 2. The summed E-state index contributed by atoms with van der Waals surface area (Å²) in [5, 5.41) is 1.16. The molecule has 1 aromatic carbocycles. The zero-order chi connectivity index (χ0) is 15.1. The van der Waals surface area contributed by atoms with E-state index in [4.69, 9.17) is 0 Å². The number of H-pyrrole nitrogens is 1. The maximum absolute atomic E-state index is 12.7. The largest absolute Gasteiger partial charge is 0.358 e. The molecule has 3 rings (SSSR count). The number of carbonyl (C=O) groups excluding carboxylic acids is 1. The molecule has 3 heteroatoms. The molecule has 1 aromatic heterocycles. The van der Waals surface area contributed by atoms with E-state index in [0.717, 1.165) is 36.0 Å². The summed E-state index contributed by atoms with van der Waals surface area (Å²) in [7, 11) is 0. The summed E-state index contributed by atoms with van der Waals surface area (Å²) < 4.78 is 0. The van der Waals surface area contributed by atoms with Crippen LogP contribution >= 0.6 is 0 Å². The van der Waals surface area contributed by atoms with Gasteiger partial charge in [-0.05, 0) is 55.9 Å². The molecule has 0 radical (unpaired) electrons. The number of nitrogens with zero attached hydrogens (tertiary/aromatic N) is 1. The third kappa shape index (κ3) is 2.45. The van der Waals surface area contributed by atoms with Crippen molar-refractivity contribution in [3.63, 3.8) is 0 Å². The van der Waals surface area contributed by atoms with Gasteiger partial charge in [0.2, 0.25) is 0 Å². The average molecular weight is 284 g/mol. The fraction of sp³-hybridized carbons (Fsp3) is 0.500. The minimum absolute atomic E-state index is 0.179. The van der Waals surface area contributed by atoms with Crippen molar-refractivity contribution in [2.24, 2.45) is 11.8 Å². The topological polar surface area (TPSA) is 36.1 Å². The molecule has 1 saturated heterocycles. The zero-order valence-electron chi connectivity index (χ0n) is 13.4. The number of amides is 1. The van der Waals surface area contributed by atoms with Gasteiger partial charge in [0, 0.05) is 35.2 Å². The first kappa shape index (κ1) is 14.2. The van der Waals surface area contributed by atoms with Gasteiger partial charge in [0.1, 0.15) is 0 Å². The standard InChI is InChI=1S/C18H24N2O/c1-11(2)15-7-8-20(10-15)18(21)14-5-6-17-16(9-14)12(3)13(4)19-17/h5-6,9,11,15,19H,7-8,10H2,1-4H3. The lowest BCUT2D eigenvalue weighted by molar-refractivity contribution is 0.0784. The SMILES string of the molecule is Cc1[nH]c2ccc(C(=O)N3CCC(C(C)C)C3)cc2c1C. The molecular formula is C18H24N2O. The smallest absolute Gasteiger partial charge is 0.253 e. The molecule has 2 heterocycles. The highest BCUT2D eigenvalue weighted by molar-refractivity contribution is 5.99. The Balaban J connectivity index is 1.87. The molecule has 1 atom stereocenters. The second kappa shape index (κ2) is 5.21. The van der Waals surface area contributed by atoms with Crippen LogP contribution in [0.25, 0.3) is 10.9 Å². The Hall–Kier alpha value is -1.77. The molecule has 0 spiro atoms. The fourth-order valence-corrected chi connectivity index (χ4v) is 3.29. The predicted octanol–water partition coefficient (Wildman–Crippen LogP) is 3.90. The van der Waals surface area contributed by atoms with Crippen molar-refractivity contribution < 1.29 is 4.79 Å². The normalized spacial score (nSPS) is 18.9. The monoisotopic (exact) mass is 284 g/mol. The quantitative estimate of drug-likeness (QED) is 0.892. The Bertz CT molecular complexity index is 684. The molecule has 21 heavy (non-hydrogen) atoms. The van der Waals surface area contributed by atoms with E-state index in [2.05, 4.69) is 32.7 Å². The van der Waals surface area contributed by atoms with Crippen LogP contribution in [0.3, 0.4) is 0 Å². The predicted molar refractivity (Wildman–Crippen MR) is 86.6 cm³/mol. The van der Waals surface area contributed by atoms with Gasteiger partial charge >= 0.3 is 0 Å². The summed E-state index contributed by atoms with van der Waals surface area (Å²) in [5.41, 5.74) is 4.34. The van der Waals surface area contributed by atoms with Crippen molar-refractivity contribution in [2.45, 2.75) is 34.1 Å². The van der Waals surface area contributed by atoms with Gasteiger partial charge in [-0.3, -0.25) is 4.79 Å². The van der Waals surface area contributed by atoms with Crippen molar-refractivity contribution in [3.05, 3.63) is 35.0 Å². The molecule has 1 fully saturated rings. The van der Waals surface area contributed by atoms with Crippen LogP contribution in [0.1, 0.15) is 41.9 Å². The number of carbonyl (C=O) groups is 1. The van der Waals surface area contributed by atoms with Gasteiger partial charge in [0.05, 0.1) is 0 Å². The highest BCUT2D eigenvalue weighted by Crippen LogP contribution is 2.27. The molecule has 0 bridgehead atoms. The highest BCUT2D eigenvalue weighted by atomic mass is 16.2. The lowest BCUT2D eigenvalue weighted by Gasteiger charge is -2.18. The minimum Gasteiger partial charge on any atom is -0.358 e. The van der Waals surface area contributed by atoms with Gasteiger partial charge < -0.3 is 9.88 Å². The van der Waals surface area contributed by atoms with Crippen LogP contribution in [0.15, 0.2) is 18.2 Å². The second-order valence-electron chi connectivity index (χ2n) is 6.68. The lowest BCUT2D eigenvalue weighted by Crippen LogP contribution is -2.29. The number of rotatable bonds is 2. The molecule has 0 saturated carbocycles. The molecule has 0 aliphatic carbocycles. The first-order chi connectivity index (χ1) is 9.97. The number of likely N-dealkylation sites (tertiary alicyclic amines) is 1. The number of hydrogen-bond donors (Lipinski definition) is 1. The maximum atomic E-state index is 12.7. The van der Waals surface area contributed by atoms with Gasteiger partial charge in [0.15, 0.2) is 0 Å². The van der Waals surface area contributed by atoms with Gasteiger partial charge in [-0.25, -0.2) is 0 Å². The maximum Gasteiger partial charge on any atom is 0.253 e. The number of fused-ring (bicyclic) bond motifs is 1. The molecule has 112 valence electrons. The molecular weight excluding hydrogens is 260 g/mol. The summed E-state index contributed by atoms with van der Waals surface area (Å²) in [6, 6.07) is 6.01. The summed E-state index contributed by atoms with van der Waals surface area (Å²) in [4.78, 5) is 18.1. The van der Waals surface area contributed by atoms with Crippen molar-refractivity contribution in [1.29, 1.82) is 0 Å². The Kier molecular flexibility index (Phi) is 3.52. The van der Waals surface area contributed by atoms with Crippen LogP contribution < -0.4 is 0 Å². The van der Waals surface area contributed by atoms with E-state index in [0.29, 0.717) is 11.8 Å². The lowest BCUT2D eigenvalue weighted by atomic mass is 9.95. The van der Waals surface area contributed by atoms with E-state index < -0.39 is 0 Å². The Morgan fingerprint density at radius 2 is 2.10 bits per heavy atom. The Morgan fingerprint density at radius 3 is 2.76 bits per heavy atom. The van der Waals surface area contributed by atoms with Crippen molar-refractivity contribution >= 4 is 16.8 Å². The molecule has 1 aliphatic rings. The second-order valence-corrected chi connectivity index (χ2v) is 6.68. The van der Waals surface area contributed by atoms with E-state index in [1.807, 2.05) is 23.1 Å².